The molecule has 2 atom stereocenters. The van der Waals surface area contributed by atoms with Crippen molar-refractivity contribution < 1.29 is 23.9 Å². The Morgan fingerprint density at radius 3 is 1.79 bits per heavy atom. The number of carbonyl (C=O) groups is 3. The summed E-state index contributed by atoms with van der Waals surface area (Å²) in [6.07, 6.45) is -0.0239. The summed E-state index contributed by atoms with van der Waals surface area (Å²) in [5.41, 5.74) is 0.528. The molecule has 154 valence electrons. The summed E-state index contributed by atoms with van der Waals surface area (Å²) in [5.74, 6) is -1.94. The van der Waals surface area contributed by atoms with E-state index in [0.717, 1.165) is 11.1 Å². The van der Waals surface area contributed by atoms with Gasteiger partial charge in [-0.1, -0.05) is 67.6 Å². The molecule has 2 rings (SSSR count). The van der Waals surface area contributed by atoms with Gasteiger partial charge in [0.15, 0.2) is 0 Å². The highest BCUT2D eigenvalue weighted by molar-refractivity contribution is 5.94. The Kier molecular flexibility index (Phi) is 7.53. The van der Waals surface area contributed by atoms with Crippen LogP contribution < -0.4 is 5.32 Å². The quantitative estimate of drug-likeness (QED) is 0.693. The lowest BCUT2D eigenvalue weighted by Crippen LogP contribution is -2.53. The number of ether oxygens (including phenoxy) is 2. The molecule has 0 aliphatic heterocycles. The van der Waals surface area contributed by atoms with Gasteiger partial charge in [0, 0.05) is 0 Å². The minimum Gasteiger partial charge on any atom is -0.469 e. The topological polar surface area (TPSA) is 81.7 Å². The fourth-order valence-electron chi connectivity index (χ4n) is 3.28. The maximum Gasteiger partial charge on any atom is 0.328 e. The summed E-state index contributed by atoms with van der Waals surface area (Å²) in [5, 5.41) is 2.81. The predicted octanol–water partition coefficient (Wildman–Crippen LogP) is 2.85. The smallest absolute Gasteiger partial charge is 0.328 e. The maximum atomic E-state index is 13.5. The summed E-state index contributed by atoms with van der Waals surface area (Å²) in [7, 11) is 2.53. The summed E-state index contributed by atoms with van der Waals surface area (Å²) in [4.78, 5) is 37.6. The summed E-state index contributed by atoms with van der Waals surface area (Å²) in [6.45, 7) is 3.51. The fourth-order valence-corrected chi connectivity index (χ4v) is 3.28. The number of amides is 1. The molecule has 2 aromatic rings. The molecule has 0 saturated carbocycles. The minimum absolute atomic E-state index is 0.0239. The van der Waals surface area contributed by atoms with Gasteiger partial charge < -0.3 is 14.8 Å². The number of hydrogen-bond acceptors (Lipinski definition) is 5. The number of rotatable bonds is 8. The van der Waals surface area contributed by atoms with E-state index in [2.05, 4.69) is 5.32 Å². The Balaban J connectivity index is 2.42. The largest absolute Gasteiger partial charge is 0.469 e. The van der Waals surface area contributed by atoms with Crippen molar-refractivity contribution in [2.75, 3.05) is 14.2 Å². The van der Waals surface area contributed by atoms with Crippen LogP contribution in [0.1, 0.15) is 31.4 Å². The predicted molar refractivity (Wildman–Crippen MR) is 109 cm³/mol. The number of esters is 2. The van der Waals surface area contributed by atoms with Crippen molar-refractivity contribution >= 4 is 17.8 Å². The van der Waals surface area contributed by atoms with E-state index in [1.54, 1.807) is 6.92 Å². The van der Waals surface area contributed by atoms with E-state index in [1.807, 2.05) is 67.6 Å². The van der Waals surface area contributed by atoms with Gasteiger partial charge in [-0.25, -0.2) is 4.79 Å². The van der Waals surface area contributed by atoms with Crippen LogP contribution >= 0.6 is 0 Å². The van der Waals surface area contributed by atoms with Crippen LogP contribution in [-0.4, -0.2) is 38.1 Å². The molecule has 6 heteroatoms. The van der Waals surface area contributed by atoms with Gasteiger partial charge in [-0.15, -0.1) is 0 Å². The van der Waals surface area contributed by atoms with Crippen LogP contribution in [0, 0.1) is 5.92 Å². The van der Waals surface area contributed by atoms with Gasteiger partial charge in [0.25, 0.3) is 0 Å². The van der Waals surface area contributed by atoms with E-state index in [4.69, 9.17) is 9.47 Å². The molecule has 0 radical (unpaired) electrons. The Labute approximate surface area is 171 Å². The van der Waals surface area contributed by atoms with Gasteiger partial charge in [0.05, 0.1) is 26.1 Å². The number of methoxy groups -OCH3 is 2. The zero-order valence-corrected chi connectivity index (χ0v) is 17.2. The third-order valence-corrected chi connectivity index (χ3v) is 5.18. The Morgan fingerprint density at radius 2 is 1.38 bits per heavy atom. The van der Waals surface area contributed by atoms with E-state index in [9.17, 15) is 14.4 Å². The van der Waals surface area contributed by atoms with Gasteiger partial charge in [-0.2, -0.15) is 0 Å². The molecular formula is C23H27NO5. The lowest BCUT2D eigenvalue weighted by molar-refractivity contribution is -0.149. The van der Waals surface area contributed by atoms with Crippen LogP contribution in [0.25, 0.3) is 0 Å². The Bertz CT molecular complexity index is 795. The zero-order valence-electron chi connectivity index (χ0n) is 17.2. The monoisotopic (exact) mass is 397 g/mol. The molecule has 0 bridgehead atoms. The molecule has 0 saturated heterocycles. The first-order chi connectivity index (χ1) is 13.8. The molecule has 0 aliphatic carbocycles. The molecule has 0 aromatic heterocycles. The van der Waals surface area contributed by atoms with Crippen molar-refractivity contribution in [2.24, 2.45) is 5.92 Å². The van der Waals surface area contributed by atoms with Crippen LogP contribution in [0.2, 0.25) is 0 Å². The molecule has 2 aromatic carbocycles. The van der Waals surface area contributed by atoms with Crippen LogP contribution in [-0.2, 0) is 29.3 Å². The Morgan fingerprint density at radius 1 is 0.897 bits per heavy atom. The van der Waals surface area contributed by atoms with Gasteiger partial charge in [0.2, 0.25) is 5.91 Å². The van der Waals surface area contributed by atoms with Gasteiger partial charge in [-0.3, -0.25) is 9.59 Å². The number of carbonyl (C=O) groups excluding carboxylic acids is 3. The lowest BCUT2D eigenvalue weighted by atomic mass is 9.75. The minimum atomic E-state index is -1.04. The molecule has 6 nitrogen and oxygen atoms in total. The average molecular weight is 397 g/mol. The average Bonchev–Trinajstić information content (AvgIpc) is 2.77. The summed E-state index contributed by atoms with van der Waals surface area (Å²) in [6, 6.07) is 17.7. The molecule has 0 aliphatic rings. The molecule has 0 heterocycles. The lowest BCUT2D eigenvalue weighted by Gasteiger charge is -2.32. The summed E-state index contributed by atoms with van der Waals surface area (Å²) < 4.78 is 9.56. The van der Waals surface area contributed by atoms with E-state index in [1.165, 1.54) is 14.2 Å². The van der Waals surface area contributed by atoms with Crippen LogP contribution in [0.4, 0.5) is 0 Å². The number of benzene rings is 2. The van der Waals surface area contributed by atoms with Crippen molar-refractivity contribution in [3.8, 4) is 0 Å². The maximum absolute atomic E-state index is 13.5. The highest BCUT2D eigenvalue weighted by atomic mass is 16.5. The molecule has 29 heavy (non-hydrogen) atoms. The first-order valence-corrected chi connectivity index (χ1v) is 9.41. The van der Waals surface area contributed by atoms with Crippen molar-refractivity contribution in [3.05, 3.63) is 71.8 Å². The van der Waals surface area contributed by atoms with Gasteiger partial charge in [0.1, 0.15) is 6.04 Å². The third kappa shape index (κ3) is 5.02. The molecular weight excluding hydrogens is 370 g/mol. The highest BCUT2D eigenvalue weighted by Crippen LogP contribution is 2.32. The van der Waals surface area contributed by atoms with Gasteiger partial charge >= 0.3 is 11.9 Å². The molecule has 0 unspecified atom stereocenters. The molecule has 1 N–H and O–H groups in total. The second-order valence-electron chi connectivity index (χ2n) is 7.09. The first-order valence-electron chi connectivity index (χ1n) is 9.41. The van der Waals surface area contributed by atoms with Crippen LogP contribution in [0.15, 0.2) is 60.7 Å². The normalized spacial score (nSPS) is 13.1. The second-order valence-corrected chi connectivity index (χ2v) is 7.09. The van der Waals surface area contributed by atoms with Crippen LogP contribution in [0.5, 0.6) is 0 Å². The fraction of sp³-hybridized carbons (Fsp3) is 0.348. The molecule has 1 amide bonds. The zero-order chi connectivity index (χ0) is 21.4. The third-order valence-electron chi connectivity index (χ3n) is 5.18. The van der Waals surface area contributed by atoms with Crippen molar-refractivity contribution in [3.63, 3.8) is 0 Å². The van der Waals surface area contributed by atoms with E-state index < -0.39 is 29.3 Å². The standard InChI is InChI=1S/C23H27NO5/c1-16(15-19(25)28-3)20(21(26)29-4)24-22(27)23(2,17-11-7-5-8-12-17)18-13-9-6-10-14-18/h5-14,16,20H,15H2,1-4H3,(H,24,27)/t16-,20+/m1/s1. The van der Waals surface area contributed by atoms with E-state index in [0.29, 0.717) is 0 Å². The van der Waals surface area contributed by atoms with E-state index in [-0.39, 0.29) is 12.3 Å². The summed E-state index contributed by atoms with van der Waals surface area (Å²) >= 11 is 0. The van der Waals surface area contributed by atoms with Gasteiger partial charge in [-0.05, 0) is 24.0 Å². The SMILES string of the molecule is COC(=O)C[C@@H](C)[C@H](NC(=O)C(C)(c1ccccc1)c1ccccc1)C(=O)OC. The van der Waals surface area contributed by atoms with Crippen molar-refractivity contribution in [1.82, 2.24) is 5.32 Å². The van der Waals surface area contributed by atoms with Crippen molar-refractivity contribution in [1.29, 1.82) is 0 Å². The highest BCUT2D eigenvalue weighted by Gasteiger charge is 2.40. The molecule has 0 fully saturated rings. The van der Waals surface area contributed by atoms with E-state index >= 15 is 0 Å². The van der Waals surface area contributed by atoms with Crippen LogP contribution in [0.3, 0.4) is 0 Å². The first kappa shape index (κ1) is 22.1. The second kappa shape index (κ2) is 9.87. The van der Waals surface area contributed by atoms with Crippen molar-refractivity contribution in [2.45, 2.75) is 31.7 Å². The number of nitrogens with one attached hydrogen (secondary N) is 1. The number of hydrogen-bond donors (Lipinski definition) is 1. The Hall–Kier alpha value is -3.15. The molecule has 0 spiro atoms.